The van der Waals surface area contributed by atoms with Crippen molar-refractivity contribution < 1.29 is 43.8 Å². The Morgan fingerprint density at radius 1 is 1.06 bits per heavy atom. The van der Waals surface area contributed by atoms with Crippen molar-refractivity contribution in [2.24, 2.45) is 0 Å². The zero-order valence-corrected chi connectivity index (χ0v) is 17.1. The first-order valence-corrected chi connectivity index (χ1v) is 9.56. The summed E-state index contributed by atoms with van der Waals surface area (Å²) in [4.78, 5) is 0. The van der Waals surface area contributed by atoms with E-state index in [4.69, 9.17) is 21.1 Å². The average Bonchev–Trinajstić information content (AvgIpc) is 2.78. The molecule has 0 bridgehead atoms. The van der Waals surface area contributed by atoms with E-state index in [2.05, 4.69) is 0 Å². The van der Waals surface area contributed by atoms with E-state index >= 15 is 0 Å². The number of aliphatic hydroxyl groups is 5. The topological polar surface area (TPSA) is 120 Å². The number of ether oxygens (including phenoxy) is 2. The van der Waals surface area contributed by atoms with Crippen molar-refractivity contribution in [1.29, 1.82) is 0 Å². The molecule has 2 atom stereocenters. The van der Waals surface area contributed by atoms with E-state index in [0.29, 0.717) is 5.56 Å². The number of hydrogen-bond donors (Lipinski definition) is 5. The molecule has 0 saturated heterocycles. The fourth-order valence-electron chi connectivity index (χ4n) is 3.32. The fraction of sp³-hybridized carbons (Fsp3) is 0.333. The summed E-state index contributed by atoms with van der Waals surface area (Å²) in [6.07, 6.45) is -3.76. The maximum Gasteiger partial charge on any atom is 0.200 e. The van der Waals surface area contributed by atoms with Crippen LogP contribution in [0.25, 0.3) is 5.76 Å². The van der Waals surface area contributed by atoms with E-state index in [1.165, 1.54) is 37.4 Å². The van der Waals surface area contributed by atoms with Gasteiger partial charge in [0.2, 0.25) is 5.82 Å². The van der Waals surface area contributed by atoms with Gasteiger partial charge in [0.25, 0.3) is 0 Å². The Hall–Kier alpha value is -2.43. The summed E-state index contributed by atoms with van der Waals surface area (Å²) < 4.78 is 38.7. The van der Waals surface area contributed by atoms with Crippen molar-refractivity contribution in [3.05, 3.63) is 69.4 Å². The SMILES string of the molecule is COc1ccc(Cc2cc(C3=C(O)[C@@H](O)[C@H](O)C(CO)(CO)O3)ccc2Cl)c(F)c1F. The molecule has 0 fully saturated rings. The molecular weight excluding hydrogens is 438 g/mol. The third kappa shape index (κ3) is 4.07. The Labute approximate surface area is 181 Å². The lowest BCUT2D eigenvalue weighted by Gasteiger charge is -2.42. The van der Waals surface area contributed by atoms with Gasteiger partial charge in [-0.3, -0.25) is 0 Å². The van der Waals surface area contributed by atoms with E-state index < -0.39 is 48.4 Å². The molecule has 1 aliphatic rings. The van der Waals surface area contributed by atoms with Crippen LogP contribution in [-0.4, -0.2) is 63.7 Å². The molecule has 10 heteroatoms. The number of aliphatic hydroxyl groups excluding tert-OH is 5. The second-order valence-electron chi connectivity index (χ2n) is 7.12. The van der Waals surface area contributed by atoms with E-state index in [1.807, 2.05) is 0 Å². The number of hydrogen-bond acceptors (Lipinski definition) is 7. The van der Waals surface area contributed by atoms with Gasteiger partial charge in [0, 0.05) is 17.0 Å². The van der Waals surface area contributed by atoms with Gasteiger partial charge in [-0.15, -0.1) is 0 Å². The van der Waals surface area contributed by atoms with Gasteiger partial charge in [-0.1, -0.05) is 17.7 Å². The Balaban J connectivity index is 2.02. The summed E-state index contributed by atoms with van der Waals surface area (Å²) in [7, 11) is 1.21. The summed E-state index contributed by atoms with van der Waals surface area (Å²) in [5.41, 5.74) is -1.46. The first-order valence-electron chi connectivity index (χ1n) is 9.18. The number of benzene rings is 2. The van der Waals surface area contributed by atoms with Crippen LogP contribution >= 0.6 is 11.6 Å². The summed E-state index contributed by atoms with van der Waals surface area (Å²) in [6.45, 7) is -1.70. The van der Waals surface area contributed by atoms with Gasteiger partial charge in [0.15, 0.2) is 28.7 Å². The molecule has 0 saturated carbocycles. The third-order valence-electron chi connectivity index (χ3n) is 5.23. The molecular formula is C21H21ClF2O7. The molecule has 1 aliphatic heterocycles. The van der Waals surface area contributed by atoms with Gasteiger partial charge in [-0.05, 0) is 35.4 Å². The van der Waals surface area contributed by atoms with Crippen molar-refractivity contribution in [2.75, 3.05) is 20.3 Å². The van der Waals surface area contributed by atoms with Crippen LogP contribution in [0.5, 0.6) is 5.75 Å². The van der Waals surface area contributed by atoms with E-state index in [-0.39, 0.29) is 34.1 Å². The Morgan fingerprint density at radius 3 is 2.35 bits per heavy atom. The minimum atomic E-state index is -1.97. The predicted molar refractivity (Wildman–Crippen MR) is 107 cm³/mol. The van der Waals surface area contributed by atoms with Crippen LogP contribution in [0.4, 0.5) is 8.78 Å². The van der Waals surface area contributed by atoms with Crippen molar-refractivity contribution in [1.82, 2.24) is 0 Å². The summed E-state index contributed by atoms with van der Waals surface area (Å²) in [6, 6.07) is 6.88. The highest BCUT2D eigenvalue weighted by molar-refractivity contribution is 6.31. The Kier molecular flexibility index (Phi) is 6.73. The quantitative estimate of drug-likeness (QED) is 0.448. The molecule has 7 nitrogen and oxygen atoms in total. The molecule has 1 heterocycles. The number of rotatable bonds is 6. The van der Waals surface area contributed by atoms with Crippen molar-refractivity contribution in [3.8, 4) is 5.75 Å². The molecule has 0 aliphatic carbocycles. The Morgan fingerprint density at radius 2 is 1.74 bits per heavy atom. The standard InChI is InChI=1S/C21H21ClF2O7/c1-30-14-5-3-10(15(23)16(14)24)6-12-7-11(2-4-13(12)22)19-17(27)18(28)20(29)21(8-25,9-26)31-19/h2-5,7,18,20,25-29H,6,8-9H2,1H3/t18-,20+/m1/s1. The zero-order chi connectivity index (χ0) is 22.9. The highest BCUT2D eigenvalue weighted by atomic mass is 35.5. The molecule has 5 N–H and O–H groups in total. The van der Waals surface area contributed by atoms with Gasteiger partial charge < -0.3 is 35.0 Å². The molecule has 0 radical (unpaired) electrons. The molecule has 0 spiro atoms. The van der Waals surface area contributed by atoms with Crippen LogP contribution in [0, 0.1) is 11.6 Å². The second kappa shape index (κ2) is 8.97. The summed E-state index contributed by atoms with van der Waals surface area (Å²) in [5, 5.41) is 50.0. The molecule has 0 unspecified atom stereocenters. The second-order valence-corrected chi connectivity index (χ2v) is 7.53. The smallest absolute Gasteiger partial charge is 0.200 e. The molecule has 2 aromatic carbocycles. The lowest BCUT2D eigenvalue weighted by molar-refractivity contribution is -0.174. The first kappa shape index (κ1) is 23.2. The van der Waals surface area contributed by atoms with Gasteiger partial charge in [-0.25, -0.2) is 4.39 Å². The minimum absolute atomic E-state index is 0.00404. The summed E-state index contributed by atoms with van der Waals surface area (Å²) in [5.74, 6) is -3.52. The van der Waals surface area contributed by atoms with Crippen molar-refractivity contribution >= 4 is 17.4 Å². The maximum absolute atomic E-state index is 14.4. The van der Waals surface area contributed by atoms with Crippen LogP contribution in [0.15, 0.2) is 36.1 Å². The normalized spacial score (nSPS) is 20.5. The minimum Gasteiger partial charge on any atom is -0.506 e. The van der Waals surface area contributed by atoms with Gasteiger partial charge in [0.05, 0.1) is 20.3 Å². The van der Waals surface area contributed by atoms with E-state index in [1.54, 1.807) is 0 Å². The first-order chi connectivity index (χ1) is 14.7. The number of methoxy groups -OCH3 is 1. The Bertz CT molecular complexity index is 1010. The lowest BCUT2D eigenvalue weighted by Crippen LogP contribution is -2.59. The van der Waals surface area contributed by atoms with Crippen molar-refractivity contribution in [3.63, 3.8) is 0 Å². The average molecular weight is 459 g/mol. The molecule has 168 valence electrons. The molecule has 0 aromatic heterocycles. The number of halogens is 3. The molecule has 3 rings (SSSR count). The van der Waals surface area contributed by atoms with E-state index in [0.717, 1.165) is 0 Å². The lowest BCUT2D eigenvalue weighted by atomic mass is 9.88. The maximum atomic E-state index is 14.4. The molecule has 0 amide bonds. The van der Waals surface area contributed by atoms with Crippen LogP contribution in [0.3, 0.4) is 0 Å². The van der Waals surface area contributed by atoms with Crippen molar-refractivity contribution in [2.45, 2.75) is 24.2 Å². The largest absolute Gasteiger partial charge is 0.506 e. The van der Waals surface area contributed by atoms with Crippen LogP contribution in [0.1, 0.15) is 16.7 Å². The highest BCUT2D eigenvalue weighted by Crippen LogP contribution is 2.37. The van der Waals surface area contributed by atoms with Gasteiger partial charge in [0.1, 0.15) is 12.2 Å². The fourth-order valence-corrected chi connectivity index (χ4v) is 3.50. The van der Waals surface area contributed by atoms with E-state index in [9.17, 15) is 34.3 Å². The highest BCUT2D eigenvalue weighted by Gasteiger charge is 2.50. The monoisotopic (exact) mass is 458 g/mol. The van der Waals surface area contributed by atoms with Gasteiger partial charge in [-0.2, -0.15) is 4.39 Å². The zero-order valence-electron chi connectivity index (χ0n) is 16.3. The van der Waals surface area contributed by atoms with Gasteiger partial charge >= 0.3 is 0 Å². The summed E-state index contributed by atoms with van der Waals surface area (Å²) >= 11 is 6.20. The predicted octanol–water partition coefficient (Wildman–Crippen LogP) is 1.92. The third-order valence-corrected chi connectivity index (χ3v) is 5.60. The van der Waals surface area contributed by atoms with Crippen LogP contribution in [-0.2, 0) is 11.2 Å². The molecule has 31 heavy (non-hydrogen) atoms. The van der Waals surface area contributed by atoms with Crippen LogP contribution < -0.4 is 4.74 Å². The van der Waals surface area contributed by atoms with Crippen LogP contribution in [0.2, 0.25) is 5.02 Å². The molecule has 2 aromatic rings.